The van der Waals surface area contributed by atoms with Gasteiger partial charge in [0.1, 0.15) is 5.78 Å². The van der Waals surface area contributed by atoms with Gasteiger partial charge in [0.25, 0.3) is 0 Å². The molecule has 0 spiro atoms. The van der Waals surface area contributed by atoms with Crippen molar-refractivity contribution in [2.45, 2.75) is 40.5 Å². The van der Waals surface area contributed by atoms with Gasteiger partial charge in [-0.2, -0.15) is 0 Å². The molecule has 0 aromatic heterocycles. The standard InChI is InChI=1S/C11H20O/c1-6-7-11(10(5)12)9(4)8(2)3/h9,11H,2,6-7H2,1,3-5H3/t9-,11-/m1/s1. The average Bonchev–Trinajstić information content (AvgIpc) is 1.98. The highest BCUT2D eigenvalue weighted by Gasteiger charge is 2.20. The first-order chi connectivity index (χ1) is 5.50. The summed E-state index contributed by atoms with van der Waals surface area (Å²) in [7, 11) is 0. The lowest BCUT2D eigenvalue weighted by atomic mass is 9.83. The maximum Gasteiger partial charge on any atom is 0.133 e. The molecule has 2 atom stereocenters. The predicted molar refractivity (Wildman–Crippen MR) is 53.1 cm³/mol. The van der Waals surface area contributed by atoms with E-state index in [0.29, 0.717) is 11.7 Å². The summed E-state index contributed by atoms with van der Waals surface area (Å²) in [5.41, 5.74) is 1.11. The first-order valence-electron chi connectivity index (χ1n) is 4.66. The minimum Gasteiger partial charge on any atom is -0.300 e. The van der Waals surface area contributed by atoms with E-state index < -0.39 is 0 Å². The molecule has 0 aromatic rings. The molecule has 0 aromatic carbocycles. The Morgan fingerprint density at radius 1 is 1.42 bits per heavy atom. The normalized spacial score (nSPS) is 15.3. The zero-order valence-electron chi connectivity index (χ0n) is 8.68. The highest BCUT2D eigenvalue weighted by molar-refractivity contribution is 5.78. The van der Waals surface area contributed by atoms with Crippen LogP contribution in [0.2, 0.25) is 0 Å². The van der Waals surface area contributed by atoms with E-state index in [-0.39, 0.29) is 5.92 Å². The van der Waals surface area contributed by atoms with E-state index in [1.54, 1.807) is 6.92 Å². The van der Waals surface area contributed by atoms with Gasteiger partial charge in [-0.1, -0.05) is 32.4 Å². The molecule has 12 heavy (non-hydrogen) atoms. The van der Waals surface area contributed by atoms with Crippen molar-refractivity contribution in [3.8, 4) is 0 Å². The molecule has 0 N–H and O–H groups in total. The molecular weight excluding hydrogens is 148 g/mol. The summed E-state index contributed by atoms with van der Waals surface area (Å²) in [5.74, 6) is 0.822. The van der Waals surface area contributed by atoms with Crippen molar-refractivity contribution in [2.75, 3.05) is 0 Å². The fraction of sp³-hybridized carbons (Fsp3) is 0.727. The van der Waals surface area contributed by atoms with Crippen LogP contribution in [0, 0.1) is 11.8 Å². The van der Waals surface area contributed by atoms with E-state index in [9.17, 15) is 4.79 Å². The molecule has 0 aliphatic rings. The number of ketones is 1. The third-order valence-electron chi connectivity index (χ3n) is 2.50. The highest BCUT2D eigenvalue weighted by Crippen LogP contribution is 2.23. The number of hydrogen-bond acceptors (Lipinski definition) is 1. The summed E-state index contributed by atoms with van der Waals surface area (Å²) in [4.78, 5) is 11.2. The van der Waals surface area contributed by atoms with Crippen molar-refractivity contribution in [2.24, 2.45) is 11.8 Å². The molecule has 0 saturated heterocycles. The Hall–Kier alpha value is -0.590. The van der Waals surface area contributed by atoms with Gasteiger partial charge in [-0.3, -0.25) is 4.79 Å². The van der Waals surface area contributed by atoms with Crippen LogP contribution < -0.4 is 0 Å². The van der Waals surface area contributed by atoms with Crippen LogP contribution in [0.4, 0.5) is 0 Å². The number of Topliss-reactive ketones (excluding diaryl/α,β-unsaturated/α-hetero) is 1. The second kappa shape index (κ2) is 5.13. The highest BCUT2D eigenvalue weighted by atomic mass is 16.1. The minimum atomic E-state index is 0.187. The lowest BCUT2D eigenvalue weighted by molar-refractivity contribution is -0.122. The fourth-order valence-corrected chi connectivity index (χ4v) is 1.46. The van der Waals surface area contributed by atoms with E-state index >= 15 is 0 Å². The summed E-state index contributed by atoms with van der Waals surface area (Å²) in [6, 6.07) is 0. The molecule has 0 bridgehead atoms. The first-order valence-corrected chi connectivity index (χ1v) is 4.66. The molecule has 0 fully saturated rings. The summed E-state index contributed by atoms with van der Waals surface area (Å²) in [6.45, 7) is 11.8. The average molecular weight is 168 g/mol. The van der Waals surface area contributed by atoms with Crippen LogP contribution in [0.3, 0.4) is 0 Å². The number of carbonyl (C=O) groups excluding carboxylic acids is 1. The third-order valence-corrected chi connectivity index (χ3v) is 2.50. The van der Waals surface area contributed by atoms with Gasteiger partial charge in [-0.05, 0) is 26.2 Å². The molecule has 0 rings (SSSR count). The smallest absolute Gasteiger partial charge is 0.133 e. The maximum absolute atomic E-state index is 11.2. The maximum atomic E-state index is 11.2. The molecule has 1 nitrogen and oxygen atoms in total. The number of allylic oxidation sites excluding steroid dienone is 1. The van der Waals surface area contributed by atoms with E-state index in [1.165, 1.54) is 0 Å². The third kappa shape index (κ3) is 3.21. The zero-order valence-corrected chi connectivity index (χ0v) is 8.68. The van der Waals surface area contributed by atoms with Gasteiger partial charge in [0.05, 0.1) is 0 Å². The van der Waals surface area contributed by atoms with Gasteiger partial charge >= 0.3 is 0 Å². The van der Waals surface area contributed by atoms with Crippen LogP contribution in [0.5, 0.6) is 0 Å². The predicted octanol–water partition coefficient (Wildman–Crippen LogP) is 3.20. The molecule has 0 aliphatic heterocycles. The van der Waals surface area contributed by atoms with Crippen molar-refractivity contribution in [3.63, 3.8) is 0 Å². The second-order valence-corrected chi connectivity index (χ2v) is 3.64. The van der Waals surface area contributed by atoms with Crippen LogP contribution in [-0.4, -0.2) is 5.78 Å². The molecule has 70 valence electrons. The summed E-state index contributed by atoms with van der Waals surface area (Å²) >= 11 is 0. The van der Waals surface area contributed by atoms with Crippen molar-refractivity contribution in [1.82, 2.24) is 0 Å². The van der Waals surface area contributed by atoms with Gasteiger partial charge in [-0.15, -0.1) is 0 Å². The molecule has 0 unspecified atom stereocenters. The zero-order chi connectivity index (χ0) is 9.72. The van der Waals surface area contributed by atoms with E-state index in [0.717, 1.165) is 18.4 Å². The Labute approximate surface area is 75.9 Å². The van der Waals surface area contributed by atoms with Crippen LogP contribution in [0.15, 0.2) is 12.2 Å². The van der Waals surface area contributed by atoms with Crippen LogP contribution in [0.1, 0.15) is 40.5 Å². The Morgan fingerprint density at radius 3 is 2.17 bits per heavy atom. The summed E-state index contributed by atoms with van der Waals surface area (Å²) in [5, 5.41) is 0. The number of carbonyl (C=O) groups is 1. The topological polar surface area (TPSA) is 17.1 Å². The Bertz CT molecular complexity index is 170. The SMILES string of the molecule is C=C(C)[C@@H](C)[C@@H](CCC)C(C)=O. The van der Waals surface area contributed by atoms with Gasteiger partial charge in [0.15, 0.2) is 0 Å². The van der Waals surface area contributed by atoms with Gasteiger partial charge in [-0.25, -0.2) is 0 Å². The quantitative estimate of drug-likeness (QED) is 0.576. The van der Waals surface area contributed by atoms with Gasteiger partial charge in [0, 0.05) is 5.92 Å². The molecule has 0 aliphatic carbocycles. The second-order valence-electron chi connectivity index (χ2n) is 3.64. The van der Waals surface area contributed by atoms with Gasteiger partial charge in [0.2, 0.25) is 0 Å². The minimum absolute atomic E-state index is 0.187. The van der Waals surface area contributed by atoms with E-state index in [2.05, 4.69) is 20.4 Å². The van der Waals surface area contributed by atoms with E-state index in [4.69, 9.17) is 0 Å². The lowest BCUT2D eigenvalue weighted by Crippen LogP contribution is -2.20. The van der Waals surface area contributed by atoms with Crippen LogP contribution in [-0.2, 0) is 4.79 Å². The first kappa shape index (κ1) is 11.4. The Morgan fingerprint density at radius 2 is 1.92 bits per heavy atom. The molecule has 0 radical (unpaired) electrons. The molecule has 0 amide bonds. The Balaban J connectivity index is 4.28. The summed E-state index contributed by atoms with van der Waals surface area (Å²) in [6.07, 6.45) is 2.06. The molecule has 0 heterocycles. The summed E-state index contributed by atoms with van der Waals surface area (Å²) < 4.78 is 0. The number of hydrogen-bond donors (Lipinski definition) is 0. The Kier molecular flexibility index (Phi) is 4.87. The monoisotopic (exact) mass is 168 g/mol. The van der Waals surface area contributed by atoms with Crippen molar-refractivity contribution in [1.29, 1.82) is 0 Å². The van der Waals surface area contributed by atoms with Gasteiger partial charge < -0.3 is 0 Å². The van der Waals surface area contributed by atoms with Crippen LogP contribution >= 0.6 is 0 Å². The molecule has 1 heteroatoms. The van der Waals surface area contributed by atoms with Crippen molar-refractivity contribution < 1.29 is 4.79 Å². The van der Waals surface area contributed by atoms with Crippen molar-refractivity contribution in [3.05, 3.63) is 12.2 Å². The lowest BCUT2D eigenvalue weighted by Gasteiger charge is -2.20. The molecule has 0 saturated carbocycles. The molecular formula is C11H20O. The van der Waals surface area contributed by atoms with Crippen molar-refractivity contribution >= 4 is 5.78 Å². The largest absolute Gasteiger partial charge is 0.300 e. The van der Waals surface area contributed by atoms with E-state index in [1.807, 2.05) is 6.92 Å². The fourth-order valence-electron chi connectivity index (χ4n) is 1.46. The number of rotatable bonds is 5. The van der Waals surface area contributed by atoms with Crippen LogP contribution in [0.25, 0.3) is 0 Å².